The predicted octanol–water partition coefficient (Wildman–Crippen LogP) is 4.71. The molecule has 0 unspecified atom stereocenters. The van der Waals surface area contributed by atoms with E-state index in [2.05, 4.69) is 0 Å². The minimum absolute atomic E-state index is 0.0133. The Morgan fingerprint density at radius 3 is 2.25 bits per heavy atom. The number of ether oxygens (including phenoxy) is 2. The number of rotatable bonds is 5. The lowest BCUT2D eigenvalue weighted by Gasteiger charge is -2.08. The number of para-hydroxylation sites is 1. The van der Waals surface area contributed by atoms with Gasteiger partial charge in [-0.3, -0.25) is 4.79 Å². The van der Waals surface area contributed by atoms with Gasteiger partial charge in [-0.15, -0.1) is 0 Å². The molecule has 2 aromatic carbocycles. The van der Waals surface area contributed by atoms with Crippen LogP contribution in [0.2, 0.25) is 0 Å². The number of benzene rings is 2. The fourth-order valence-electron chi connectivity index (χ4n) is 4.59. The standard InChI is InChI=1S/C21H20O3/c22-19(18-20(9-10-20)21(18)11-12-21)23-14-15-5-4-8-17(13-15)24-16-6-2-1-3-7-16/h1-8,13,18H,9-12,14H2. The van der Waals surface area contributed by atoms with E-state index in [1.807, 2.05) is 54.6 Å². The molecule has 24 heavy (non-hydrogen) atoms. The summed E-state index contributed by atoms with van der Waals surface area (Å²) in [5.74, 6) is 1.77. The highest BCUT2D eigenvalue weighted by atomic mass is 16.5. The van der Waals surface area contributed by atoms with Crippen molar-refractivity contribution in [3.63, 3.8) is 0 Å². The second kappa shape index (κ2) is 4.85. The summed E-state index contributed by atoms with van der Waals surface area (Å²) in [4.78, 5) is 12.4. The van der Waals surface area contributed by atoms with Crippen molar-refractivity contribution >= 4 is 5.97 Å². The van der Waals surface area contributed by atoms with Crippen molar-refractivity contribution in [3.8, 4) is 11.5 Å². The summed E-state index contributed by atoms with van der Waals surface area (Å²) in [6.45, 7) is 0.327. The number of hydrogen-bond acceptors (Lipinski definition) is 3. The van der Waals surface area contributed by atoms with Crippen LogP contribution in [0.5, 0.6) is 11.5 Å². The molecule has 0 aromatic heterocycles. The van der Waals surface area contributed by atoms with Crippen molar-refractivity contribution in [1.82, 2.24) is 0 Å². The van der Waals surface area contributed by atoms with Gasteiger partial charge in [0, 0.05) is 0 Å². The van der Waals surface area contributed by atoms with E-state index in [0.29, 0.717) is 17.4 Å². The predicted molar refractivity (Wildman–Crippen MR) is 89.6 cm³/mol. The monoisotopic (exact) mass is 320 g/mol. The summed E-state index contributed by atoms with van der Waals surface area (Å²) in [6, 6.07) is 17.4. The third-order valence-electron chi connectivity index (χ3n) is 6.08. The van der Waals surface area contributed by atoms with Gasteiger partial charge in [-0.2, -0.15) is 0 Å². The molecular weight excluding hydrogens is 300 g/mol. The van der Waals surface area contributed by atoms with Crippen molar-refractivity contribution in [2.24, 2.45) is 16.7 Å². The van der Waals surface area contributed by atoms with Crippen LogP contribution in [0, 0.1) is 16.7 Å². The van der Waals surface area contributed by atoms with Crippen LogP contribution in [0.25, 0.3) is 0 Å². The summed E-state index contributed by atoms with van der Waals surface area (Å²) in [5, 5.41) is 0. The number of carbonyl (C=O) groups excluding carboxylic acids is 1. The Labute approximate surface area is 141 Å². The topological polar surface area (TPSA) is 35.5 Å². The van der Waals surface area contributed by atoms with E-state index in [1.165, 1.54) is 25.7 Å². The van der Waals surface area contributed by atoms with E-state index in [0.717, 1.165) is 17.1 Å². The Bertz CT molecular complexity index is 770. The number of fused-ring (bicyclic) bond motifs is 1. The SMILES string of the molecule is O=C(OCc1cccc(Oc2ccccc2)c1)C1C2(CC2)C12CC2. The van der Waals surface area contributed by atoms with Crippen LogP contribution in [0.1, 0.15) is 31.2 Å². The smallest absolute Gasteiger partial charge is 0.310 e. The van der Waals surface area contributed by atoms with Crippen LogP contribution < -0.4 is 4.74 Å². The molecule has 0 aliphatic heterocycles. The minimum atomic E-state index is 0.0133. The first kappa shape index (κ1) is 14.1. The first-order chi connectivity index (χ1) is 11.7. The first-order valence-electron chi connectivity index (χ1n) is 8.72. The van der Waals surface area contributed by atoms with Gasteiger partial charge in [0.05, 0.1) is 5.92 Å². The van der Waals surface area contributed by atoms with Crippen molar-refractivity contribution in [1.29, 1.82) is 0 Å². The molecule has 3 nitrogen and oxygen atoms in total. The maximum atomic E-state index is 12.4. The second-order valence-corrected chi connectivity index (χ2v) is 7.42. The molecule has 3 heteroatoms. The fraction of sp³-hybridized carbons (Fsp3) is 0.381. The van der Waals surface area contributed by atoms with Gasteiger partial charge < -0.3 is 9.47 Å². The van der Waals surface area contributed by atoms with Gasteiger partial charge in [0.1, 0.15) is 18.1 Å². The third-order valence-corrected chi connectivity index (χ3v) is 6.08. The molecule has 122 valence electrons. The molecule has 3 aliphatic carbocycles. The lowest BCUT2D eigenvalue weighted by molar-refractivity contribution is -0.147. The summed E-state index contributed by atoms with van der Waals surface area (Å²) in [6.07, 6.45) is 4.92. The molecule has 0 heterocycles. The largest absolute Gasteiger partial charge is 0.461 e. The van der Waals surface area contributed by atoms with Gasteiger partial charge in [-0.1, -0.05) is 30.3 Å². The number of hydrogen-bond donors (Lipinski definition) is 0. The maximum absolute atomic E-state index is 12.4. The second-order valence-electron chi connectivity index (χ2n) is 7.42. The number of carbonyl (C=O) groups is 1. The van der Waals surface area contributed by atoms with Crippen molar-refractivity contribution in [2.45, 2.75) is 32.3 Å². The number of esters is 1. The van der Waals surface area contributed by atoms with Crippen molar-refractivity contribution in [3.05, 3.63) is 60.2 Å². The Hall–Kier alpha value is -2.29. The first-order valence-corrected chi connectivity index (χ1v) is 8.72. The molecule has 0 N–H and O–H groups in total. The average molecular weight is 320 g/mol. The van der Waals surface area contributed by atoms with E-state index in [1.54, 1.807) is 0 Å². The Kier molecular flexibility index (Phi) is 2.85. The molecule has 0 amide bonds. The quantitative estimate of drug-likeness (QED) is 0.748. The molecule has 0 atom stereocenters. The Morgan fingerprint density at radius 2 is 1.58 bits per heavy atom. The van der Waals surface area contributed by atoms with E-state index in [-0.39, 0.29) is 11.9 Å². The van der Waals surface area contributed by atoms with Crippen LogP contribution >= 0.6 is 0 Å². The van der Waals surface area contributed by atoms with Gasteiger partial charge in [-0.25, -0.2) is 0 Å². The van der Waals surface area contributed by atoms with Gasteiger partial charge in [-0.05, 0) is 66.3 Å². The van der Waals surface area contributed by atoms with Gasteiger partial charge in [0.25, 0.3) is 0 Å². The Morgan fingerprint density at radius 1 is 0.917 bits per heavy atom. The summed E-state index contributed by atoms with van der Waals surface area (Å²) < 4.78 is 11.4. The van der Waals surface area contributed by atoms with Crippen LogP contribution in [0.15, 0.2) is 54.6 Å². The van der Waals surface area contributed by atoms with Gasteiger partial charge >= 0.3 is 5.97 Å². The summed E-state index contributed by atoms with van der Waals surface area (Å²) >= 11 is 0. The molecule has 2 spiro atoms. The molecular formula is C21H20O3. The fourth-order valence-corrected chi connectivity index (χ4v) is 4.59. The molecule has 2 aromatic rings. The third kappa shape index (κ3) is 2.07. The average Bonchev–Trinajstić information content (AvgIpc) is 3.52. The zero-order valence-electron chi connectivity index (χ0n) is 13.5. The highest BCUT2D eigenvalue weighted by molar-refractivity contribution is 5.81. The van der Waals surface area contributed by atoms with Gasteiger partial charge in [0.15, 0.2) is 0 Å². The molecule has 3 fully saturated rings. The van der Waals surface area contributed by atoms with Crippen LogP contribution in [-0.4, -0.2) is 5.97 Å². The van der Waals surface area contributed by atoms with E-state index in [4.69, 9.17) is 9.47 Å². The van der Waals surface area contributed by atoms with Crippen molar-refractivity contribution in [2.75, 3.05) is 0 Å². The highest BCUT2D eigenvalue weighted by Gasteiger charge is 2.89. The zero-order valence-corrected chi connectivity index (χ0v) is 13.5. The summed E-state index contributed by atoms with van der Waals surface area (Å²) in [7, 11) is 0. The van der Waals surface area contributed by atoms with Crippen LogP contribution in [0.4, 0.5) is 0 Å². The Balaban J connectivity index is 1.22. The van der Waals surface area contributed by atoms with Crippen molar-refractivity contribution < 1.29 is 14.3 Å². The maximum Gasteiger partial charge on any atom is 0.310 e. The summed E-state index contributed by atoms with van der Waals surface area (Å²) in [5.41, 5.74) is 1.69. The molecule has 5 rings (SSSR count). The van der Waals surface area contributed by atoms with E-state index < -0.39 is 0 Å². The minimum Gasteiger partial charge on any atom is -0.461 e. The van der Waals surface area contributed by atoms with Gasteiger partial charge in [0.2, 0.25) is 0 Å². The lowest BCUT2D eigenvalue weighted by atomic mass is 10.2. The van der Waals surface area contributed by atoms with E-state index in [9.17, 15) is 4.79 Å². The molecule has 0 radical (unpaired) electrons. The molecule has 3 saturated carbocycles. The lowest BCUT2D eigenvalue weighted by Crippen LogP contribution is -2.09. The molecule has 0 bridgehead atoms. The highest BCUT2D eigenvalue weighted by Crippen LogP contribution is 2.92. The van der Waals surface area contributed by atoms with Crippen LogP contribution in [-0.2, 0) is 16.1 Å². The molecule has 3 aliphatic rings. The zero-order chi connectivity index (χ0) is 16.2. The normalized spacial score (nSPS) is 21.5. The van der Waals surface area contributed by atoms with E-state index >= 15 is 0 Å². The molecule has 0 saturated heterocycles. The van der Waals surface area contributed by atoms with Crippen LogP contribution in [0.3, 0.4) is 0 Å².